The van der Waals surface area contributed by atoms with Gasteiger partial charge >= 0.3 is 0 Å². The van der Waals surface area contributed by atoms with E-state index in [1.165, 1.54) is 12.1 Å². The van der Waals surface area contributed by atoms with Gasteiger partial charge in [-0.1, -0.05) is 11.5 Å². The Balaban J connectivity index is 2.04. The molecule has 0 aromatic heterocycles. The first-order chi connectivity index (χ1) is 18.0. The van der Waals surface area contributed by atoms with Crippen LogP contribution in [0.1, 0.15) is 11.1 Å². The molecule has 0 radical (unpaired) electrons. The molecule has 0 aliphatic rings. The molecule has 8 heteroatoms. The van der Waals surface area contributed by atoms with Crippen molar-refractivity contribution in [2.45, 2.75) is 13.8 Å². The van der Waals surface area contributed by atoms with Gasteiger partial charge in [0.25, 0.3) is 0 Å². The minimum Gasteiger partial charge on any atom is -0.871 e. The van der Waals surface area contributed by atoms with Crippen molar-refractivity contribution in [1.82, 2.24) is 0 Å². The summed E-state index contributed by atoms with van der Waals surface area (Å²) in [7, 11) is 0. The van der Waals surface area contributed by atoms with Crippen molar-refractivity contribution in [3.8, 4) is 34.5 Å². The first-order valence-electron chi connectivity index (χ1n) is 11.8. The van der Waals surface area contributed by atoms with Gasteiger partial charge < -0.3 is 30.6 Å². The van der Waals surface area contributed by atoms with Crippen LogP contribution < -0.4 is 21.1 Å². The molecule has 0 saturated heterocycles. The number of phenols is 4. The van der Waals surface area contributed by atoms with Crippen molar-refractivity contribution < 1.29 is 30.6 Å². The van der Waals surface area contributed by atoms with Gasteiger partial charge in [0.1, 0.15) is 23.0 Å². The van der Waals surface area contributed by atoms with Gasteiger partial charge in [-0.15, -0.1) is 0 Å². The average molecular weight is 502 g/mol. The van der Waals surface area contributed by atoms with Crippen LogP contribution in [0.5, 0.6) is 34.5 Å². The summed E-state index contributed by atoms with van der Waals surface area (Å²) < 4.78 is 0. The van der Waals surface area contributed by atoms with E-state index in [0.717, 1.165) is 12.1 Å². The maximum atomic E-state index is 13.9. The third-order valence-electron chi connectivity index (χ3n) is 8.21. The Morgan fingerprint density at radius 1 is 0.421 bits per heavy atom. The van der Waals surface area contributed by atoms with Gasteiger partial charge in [-0.05, 0) is 47.9 Å². The normalized spacial score (nSPS) is 12.8. The molecule has 8 rings (SSSR count). The summed E-state index contributed by atoms with van der Waals surface area (Å²) in [5.41, 5.74) is -0.0710. The predicted molar refractivity (Wildman–Crippen MR) is 141 cm³/mol. The molecule has 38 heavy (non-hydrogen) atoms. The van der Waals surface area contributed by atoms with Crippen molar-refractivity contribution in [3.05, 3.63) is 55.8 Å². The number of hydrogen-bond donors (Lipinski definition) is 4. The van der Waals surface area contributed by atoms with E-state index in [1.807, 2.05) is 0 Å². The monoisotopic (exact) mass is 502 g/mol. The van der Waals surface area contributed by atoms with Gasteiger partial charge in [0.15, 0.2) is 10.9 Å². The highest BCUT2D eigenvalue weighted by Gasteiger charge is 2.30. The van der Waals surface area contributed by atoms with Crippen LogP contribution in [-0.4, -0.2) is 20.4 Å². The smallest absolute Gasteiger partial charge is 0.186 e. The second kappa shape index (κ2) is 6.00. The summed E-state index contributed by atoms with van der Waals surface area (Å²) in [4.78, 5) is 26.6. The van der Waals surface area contributed by atoms with Crippen molar-refractivity contribution in [2.24, 2.45) is 0 Å². The molecule has 0 amide bonds. The third kappa shape index (κ3) is 1.93. The van der Waals surface area contributed by atoms with Gasteiger partial charge in [0.05, 0.1) is 0 Å². The fourth-order valence-electron chi connectivity index (χ4n) is 6.94. The highest BCUT2D eigenvalue weighted by atomic mass is 16.3. The molecule has 0 saturated carbocycles. The number of rotatable bonds is 0. The van der Waals surface area contributed by atoms with E-state index < -0.39 is 45.4 Å². The minimum absolute atomic E-state index is 0.0149. The molecular formula is C30H14O8-2. The fraction of sp³-hybridized carbons (Fsp3) is 0.0667. The molecule has 0 bridgehead atoms. The summed E-state index contributed by atoms with van der Waals surface area (Å²) in [5.74, 6) is -3.52. The molecule has 0 aliphatic heterocycles. The quantitative estimate of drug-likeness (QED) is 0.180. The van der Waals surface area contributed by atoms with Gasteiger partial charge in [-0.2, -0.15) is 0 Å². The summed E-state index contributed by atoms with van der Waals surface area (Å²) >= 11 is 0. The van der Waals surface area contributed by atoms with Crippen molar-refractivity contribution in [3.63, 3.8) is 0 Å². The molecule has 0 aliphatic carbocycles. The molecule has 0 atom stereocenters. The van der Waals surface area contributed by atoms with E-state index in [4.69, 9.17) is 0 Å². The van der Waals surface area contributed by atoms with Crippen LogP contribution in [0.25, 0.3) is 75.4 Å². The lowest BCUT2D eigenvalue weighted by Gasteiger charge is -2.29. The maximum Gasteiger partial charge on any atom is 0.186 e. The first-order valence-corrected chi connectivity index (χ1v) is 11.8. The fourth-order valence-corrected chi connectivity index (χ4v) is 6.94. The Morgan fingerprint density at radius 2 is 0.711 bits per heavy atom. The Morgan fingerprint density at radius 3 is 1.08 bits per heavy atom. The summed E-state index contributed by atoms with van der Waals surface area (Å²) in [6.45, 7) is 3.40. The Bertz CT molecular complexity index is 2340. The summed E-state index contributed by atoms with van der Waals surface area (Å²) in [6, 6.07) is 4.55. The van der Waals surface area contributed by atoms with Crippen LogP contribution in [0, 0.1) is 13.8 Å². The van der Waals surface area contributed by atoms with E-state index in [1.54, 1.807) is 13.8 Å². The molecule has 0 fully saturated rings. The molecule has 184 valence electrons. The minimum atomic E-state index is -0.736. The lowest BCUT2D eigenvalue weighted by molar-refractivity contribution is -0.264. The van der Waals surface area contributed by atoms with Crippen LogP contribution in [-0.2, 0) is 0 Å². The van der Waals surface area contributed by atoms with Crippen LogP contribution in [0.4, 0.5) is 0 Å². The standard InChI is InChI=1S/C30H16O8/c1-7-3-9(31)19-23-15(7)16-8(2)4-10(32)20-24(16)28-26-18(12(34)6-14(36)22(26)30(20)38)17-11(33)5-13(35)21(29(19)37)25(17)27(23)28/h3-6,33-38H,1-2H3/p-2. The Labute approximate surface area is 210 Å². The van der Waals surface area contributed by atoms with E-state index >= 15 is 0 Å². The Hall–Kier alpha value is -5.24. The van der Waals surface area contributed by atoms with Crippen molar-refractivity contribution >= 4 is 75.4 Å². The molecular weight excluding hydrogens is 488 g/mol. The van der Waals surface area contributed by atoms with Gasteiger partial charge in [0.2, 0.25) is 0 Å². The molecule has 8 aromatic carbocycles. The number of aryl methyl sites for hydroxylation is 2. The second-order valence-electron chi connectivity index (χ2n) is 10.1. The first kappa shape index (κ1) is 20.9. The van der Waals surface area contributed by atoms with Gasteiger partial charge in [0, 0.05) is 76.8 Å². The van der Waals surface area contributed by atoms with E-state index in [0.29, 0.717) is 21.9 Å². The zero-order chi connectivity index (χ0) is 26.7. The molecule has 8 nitrogen and oxygen atoms in total. The zero-order valence-corrected chi connectivity index (χ0v) is 19.7. The number of hydrogen-bond acceptors (Lipinski definition) is 8. The molecule has 0 spiro atoms. The predicted octanol–water partition coefficient (Wildman–Crippen LogP) is 3.82. The van der Waals surface area contributed by atoms with E-state index in [9.17, 15) is 40.2 Å². The van der Waals surface area contributed by atoms with Crippen LogP contribution in [0.15, 0.2) is 33.9 Å². The van der Waals surface area contributed by atoms with E-state index in [2.05, 4.69) is 0 Å². The number of benzene rings is 8. The third-order valence-corrected chi connectivity index (χ3v) is 8.21. The lowest BCUT2D eigenvalue weighted by atomic mass is 9.78. The van der Waals surface area contributed by atoms with Gasteiger partial charge in [-0.25, -0.2) is 0 Å². The maximum absolute atomic E-state index is 13.9. The summed E-state index contributed by atoms with van der Waals surface area (Å²) in [6.07, 6.45) is 0. The largest absolute Gasteiger partial charge is 0.871 e. The molecule has 0 unspecified atom stereocenters. The van der Waals surface area contributed by atoms with Crippen molar-refractivity contribution in [2.75, 3.05) is 0 Å². The van der Waals surface area contributed by atoms with Crippen LogP contribution in [0.3, 0.4) is 0 Å². The number of phenolic OH excluding ortho intramolecular Hbond substituents is 4. The van der Waals surface area contributed by atoms with Crippen LogP contribution in [0.2, 0.25) is 0 Å². The second-order valence-corrected chi connectivity index (χ2v) is 10.1. The van der Waals surface area contributed by atoms with Crippen molar-refractivity contribution in [1.29, 1.82) is 0 Å². The zero-order valence-electron chi connectivity index (χ0n) is 19.7. The van der Waals surface area contributed by atoms with E-state index in [-0.39, 0.29) is 64.6 Å². The van der Waals surface area contributed by atoms with Gasteiger partial charge in [-0.3, -0.25) is 9.59 Å². The SMILES string of the molecule is Cc1cc(=O)c2c([O-])c3c(O)cc(O)c4c5c(O)cc(O)c6c([O-])c7c(=O)cc(C)c8c1c2c(c34)c(c65)c78. The Kier molecular flexibility index (Phi) is 3.30. The number of aromatic hydroxyl groups is 4. The average Bonchev–Trinajstić information content (AvgIpc) is 2.82. The highest BCUT2D eigenvalue weighted by molar-refractivity contribution is 6.51. The summed E-state index contributed by atoms with van der Waals surface area (Å²) in [5, 5.41) is 73.0. The highest BCUT2D eigenvalue weighted by Crippen LogP contribution is 2.59. The lowest BCUT2D eigenvalue weighted by Crippen LogP contribution is -2.11. The molecule has 0 heterocycles. The molecule has 8 aromatic rings. The topological polar surface area (TPSA) is 161 Å². The number of fused-ring (bicyclic) bond motifs is 2. The van der Waals surface area contributed by atoms with Crippen LogP contribution >= 0.6 is 0 Å². The molecule has 4 N–H and O–H groups in total.